The number of likely N-dealkylation sites (N-methyl/N-ethyl adjacent to an activating group) is 1. The van der Waals surface area contributed by atoms with Crippen LogP contribution in [-0.4, -0.2) is 35.5 Å². The molecule has 0 fully saturated rings. The lowest BCUT2D eigenvalue weighted by Gasteiger charge is -2.24. The summed E-state index contributed by atoms with van der Waals surface area (Å²) in [4.78, 5) is 19.1. The van der Waals surface area contributed by atoms with Crippen molar-refractivity contribution in [1.29, 1.82) is 0 Å². The van der Waals surface area contributed by atoms with Crippen LogP contribution in [0.1, 0.15) is 37.9 Å². The minimum Gasteiger partial charge on any atom is -0.371 e. The van der Waals surface area contributed by atoms with Gasteiger partial charge in [0.15, 0.2) is 0 Å². The minimum atomic E-state index is -0.388. The third-order valence-corrected chi connectivity index (χ3v) is 4.64. The first-order valence-electron chi connectivity index (χ1n) is 9.77. The monoisotopic (exact) mass is 391 g/mol. The number of carbonyl (C=O) groups excluding carboxylic acids is 1. The van der Waals surface area contributed by atoms with Crippen molar-refractivity contribution in [2.24, 2.45) is 0 Å². The molecule has 1 amide bonds. The summed E-state index contributed by atoms with van der Waals surface area (Å²) in [6.45, 7) is 6.67. The number of pyridine rings is 1. The van der Waals surface area contributed by atoms with Crippen molar-refractivity contribution in [1.82, 2.24) is 9.88 Å². The van der Waals surface area contributed by atoms with Crippen LogP contribution in [0.15, 0.2) is 60.9 Å². The fraction of sp³-hybridized carbons (Fsp3) is 0.333. The van der Waals surface area contributed by atoms with Gasteiger partial charge in [0.25, 0.3) is 0 Å². The fourth-order valence-electron chi connectivity index (χ4n) is 3.15. The highest BCUT2D eigenvalue weighted by atomic mass is 16.5. The van der Waals surface area contributed by atoms with Gasteiger partial charge in [-0.15, -0.1) is 0 Å². The molecule has 5 heteroatoms. The van der Waals surface area contributed by atoms with Gasteiger partial charge in [0.05, 0.1) is 12.2 Å². The fourth-order valence-corrected chi connectivity index (χ4v) is 3.15. The molecular weight excluding hydrogens is 362 g/mol. The predicted molar refractivity (Wildman–Crippen MR) is 118 cm³/mol. The third kappa shape index (κ3) is 5.62. The molecule has 0 aliphatic carbocycles. The molecule has 1 aromatic heterocycles. The Hall–Kier alpha value is -2.76. The maximum Gasteiger partial charge on any atom is 0.246 e. The molecule has 1 unspecified atom stereocenters. The zero-order chi connectivity index (χ0) is 21.0. The van der Waals surface area contributed by atoms with Crippen molar-refractivity contribution in [3.8, 4) is 0 Å². The van der Waals surface area contributed by atoms with E-state index in [2.05, 4.69) is 10.3 Å². The number of hydrogen-bond donors (Lipinski definition) is 1. The number of hydrogen-bond acceptors (Lipinski definition) is 4. The van der Waals surface area contributed by atoms with E-state index in [1.165, 1.54) is 0 Å². The number of rotatable bonds is 6. The van der Waals surface area contributed by atoms with Gasteiger partial charge in [-0.1, -0.05) is 30.3 Å². The van der Waals surface area contributed by atoms with E-state index >= 15 is 0 Å². The molecule has 2 aromatic carbocycles. The zero-order valence-corrected chi connectivity index (χ0v) is 17.8. The summed E-state index contributed by atoms with van der Waals surface area (Å²) < 4.78 is 5.83. The average Bonchev–Trinajstić information content (AvgIpc) is 2.66. The smallest absolute Gasteiger partial charge is 0.246 e. The molecule has 1 heterocycles. The molecule has 3 aromatic rings. The molecule has 29 heavy (non-hydrogen) atoms. The quantitative estimate of drug-likeness (QED) is 0.656. The predicted octanol–water partition coefficient (Wildman–Crippen LogP) is 4.79. The van der Waals surface area contributed by atoms with Gasteiger partial charge in [-0.25, -0.2) is 0 Å². The van der Waals surface area contributed by atoms with Gasteiger partial charge in [0.2, 0.25) is 5.91 Å². The number of fused-ring (bicyclic) bond motifs is 1. The Morgan fingerprint density at radius 2 is 1.79 bits per heavy atom. The summed E-state index contributed by atoms with van der Waals surface area (Å²) in [6.07, 6.45) is 3.57. The van der Waals surface area contributed by atoms with Crippen molar-refractivity contribution in [2.45, 2.75) is 39.0 Å². The van der Waals surface area contributed by atoms with E-state index < -0.39 is 0 Å². The second-order valence-corrected chi connectivity index (χ2v) is 8.44. The summed E-state index contributed by atoms with van der Waals surface area (Å²) in [5, 5.41) is 5.14. The molecule has 0 aliphatic heterocycles. The SMILES string of the molecule is CN(C)C(C(=O)Nc1ccc2cnccc2c1)c1ccc(COC(C)(C)C)cc1. The van der Waals surface area contributed by atoms with E-state index in [1.807, 2.05) is 94.5 Å². The van der Waals surface area contributed by atoms with E-state index in [0.717, 1.165) is 27.6 Å². The van der Waals surface area contributed by atoms with E-state index in [9.17, 15) is 4.79 Å². The Morgan fingerprint density at radius 1 is 1.07 bits per heavy atom. The molecule has 152 valence electrons. The Bertz CT molecular complexity index is 975. The summed E-state index contributed by atoms with van der Waals surface area (Å²) in [5.74, 6) is -0.0675. The van der Waals surface area contributed by atoms with Crippen molar-refractivity contribution in [2.75, 3.05) is 19.4 Å². The molecule has 1 atom stereocenters. The molecule has 1 N–H and O–H groups in total. The first-order valence-corrected chi connectivity index (χ1v) is 9.77. The third-order valence-electron chi connectivity index (χ3n) is 4.64. The van der Waals surface area contributed by atoms with Crippen molar-refractivity contribution >= 4 is 22.4 Å². The molecule has 5 nitrogen and oxygen atoms in total. The van der Waals surface area contributed by atoms with Crippen LogP contribution in [0.25, 0.3) is 10.8 Å². The summed E-state index contributed by atoms with van der Waals surface area (Å²) in [6, 6.07) is 15.4. The van der Waals surface area contributed by atoms with Gasteiger partial charge in [-0.2, -0.15) is 0 Å². The molecular formula is C24H29N3O2. The van der Waals surface area contributed by atoms with Crippen molar-refractivity contribution < 1.29 is 9.53 Å². The lowest BCUT2D eigenvalue weighted by molar-refractivity contribution is -0.120. The molecule has 3 rings (SSSR count). The first kappa shape index (κ1) is 21.0. The lowest BCUT2D eigenvalue weighted by atomic mass is 10.0. The Balaban J connectivity index is 1.75. The Morgan fingerprint density at radius 3 is 2.45 bits per heavy atom. The van der Waals surface area contributed by atoms with Gasteiger partial charge in [0.1, 0.15) is 6.04 Å². The van der Waals surface area contributed by atoms with Crippen LogP contribution in [0.5, 0.6) is 0 Å². The van der Waals surface area contributed by atoms with E-state index in [0.29, 0.717) is 6.61 Å². The standard InChI is InChI=1S/C24H29N3O2/c1-24(2,3)29-16-17-6-8-18(9-7-17)22(27(4)5)23(28)26-21-11-10-20-15-25-13-12-19(20)14-21/h6-15,22H,16H2,1-5H3,(H,26,28). The maximum absolute atomic E-state index is 13.0. The highest BCUT2D eigenvalue weighted by molar-refractivity contribution is 5.97. The van der Waals surface area contributed by atoms with Crippen LogP contribution >= 0.6 is 0 Å². The van der Waals surface area contributed by atoms with E-state index in [4.69, 9.17) is 4.74 Å². The van der Waals surface area contributed by atoms with E-state index in [1.54, 1.807) is 6.20 Å². The number of carbonyl (C=O) groups is 1. The average molecular weight is 392 g/mol. The summed E-state index contributed by atoms with van der Waals surface area (Å²) in [5.41, 5.74) is 2.62. The summed E-state index contributed by atoms with van der Waals surface area (Å²) >= 11 is 0. The molecule has 0 spiro atoms. The zero-order valence-electron chi connectivity index (χ0n) is 17.8. The van der Waals surface area contributed by atoms with Gasteiger partial charge in [-0.3, -0.25) is 14.7 Å². The maximum atomic E-state index is 13.0. The second-order valence-electron chi connectivity index (χ2n) is 8.44. The van der Waals surface area contributed by atoms with Gasteiger partial charge >= 0.3 is 0 Å². The first-order chi connectivity index (χ1) is 13.7. The molecule has 0 bridgehead atoms. The van der Waals surface area contributed by atoms with Gasteiger partial charge in [0, 0.05) is 23.5 Å². The second kappa shape index (κ2) is 8.72. The molecule has 0 saturated heterocycles. The normalized spacial score (nSPS) is 12.9. The van der Waals surface area contributed by atoms with Crippen LogP contribution in [-0.2, 0) is 16.1 Å². The van der Waals surface area contributed by atoms with Crippen molar-refractivity contribution in [3.05, 3.63) is 72.1 Å². The molecule has 0 saturated carbocycles. The lowest BCUT2D eigenvalue weighted by Crippen LogP contribution is -2.32. The number of anilines is 1. The topological polar surface area (TPSA) is 54.5 Å². The van der Waals surface area contributed by atoms with Crippen molar-refractivity contribution in [3.63, 3.8) is 0 Å². The van der Waals surface area contributed by atoms with Crippen LogP contribution in [0, 0.1) is 0 Å². The van der Waals surface area contributed by atoms with Crippen LogP contribution < -0.4 is 5.32 Å². The minimum absolute atomic E-state index is 0.0675. The number of ether oxygens (including phenoxy) is 1. The largest absolute Gasteiger partial charge is 0.371 e. The highest BCUT2D eigenvalue weighted by Gasteiger charge is 2.23. The number of amides is 1. The number of benzene rings is 2. The Labute approximate surface area is 172 Å². The summed E-state index contributed by atoms with van der Waals surface area (Å²) in [7, 11) is 3.82. The van der Waals surface area contributed by atoms with Gasteiger partial charge in [-0.05, 0) is 69.6 Å². The number of nitrogens with zero attached hydrogens (tertiary/aromatic N) is 2. The number of nitrogens with one attached hydrogen (secondary N) is 1. The van der Waals surface area contributed by atoms with Crippen LogP contribution in [0.2, 0.25) is 0 Å². The van der Waals surface area contributed by atoms with Gasteiger partial charge < -0.3 is 10.1 Å². The van der Waals surface area contributed by atoms with Crippen LogP contribution in [0.4, 0.5) is 5.69 Å². The van der Waals surface area contributed by atoms with E-state index in [-0.39, 0.29) is 17.6 Å². The highest BCUT2D eigenvalue weighted by Crippen LogP contribution is 2.24. The Kier molecular flexibility index (Phi) is 6.30. The number of aromatic nitrogens is 1. The molecule has 0 aliphatic rings. The van der Waals surface area contributed by atoms with Crippen LogP contribution in [0.3, 0.4) is 0 Å². The molecule has 0 radical (unpaired) electrons.